The molecule has 2 nitrogen and oxygen atoms in total. The zero-order valence-electron chi connectivity index (χ0n) is 9.98. The quantitative estimate of drug-likeness (QED) is 0.793. The summed E-state index contributed by atoms with van der Waals surface area (Å²) in [6.45, 7) is 2.13. The summed E-state index contributed by atoms with van der Waals surface area (Å²) in [7, 11) is 2.00. The third-order valence-corrected chi connectivity index (χ3v) is 4.56. The topological polar surface area (TPSA) is 17.8 Å². The number of aromatic nitrogens is 2. The van der Waals surface area contributed by atoms with E-state index in [-0.39, 0.29) is 0 Å². The fourth-order valence-corrected chi connectivity index (χ4v) is 3.57. The number of rotatable bonds is 4. The third kappa shape index (κ3) is 2.93. The maximum Gasteiger partial charge on any atom is 0.0767 e. The Morgan fingerprint density at radius 3 is 2.59 bits per heavy atom. The minimum atomic E-state index is 0.939. The van der Waals surface area contributed by atoms with Crippen molar-refractivity contribution in [2.45, 2.75) is 24.0 Å². The lowest BCUT2D eigenvalue weighted by atomic mass is 10.3. The number of nitrogens with zero attached hydrogens (tertiary/aromatic N) is 2. The summed E-state index contributed by atoms with van der Waals surface area (Å²) in [6, 6.07) is 10.4. The van der Waals surface area contributed by atoms with Gasteiger partial charge in [-0.1, -0.05) is 25.1 Å². The second-order valence-electron chi connectivity index (χ2n) is 3.79. The molecule has 0 aliphatic carbocycles. The molecule has 0 aliphatic rings. The predicted molar refractivity (Wildman–Crippen MR) is 76.3 cm³/mol. The van der Waals surface area contributed by atoms with Crippen LogP contribution in [0.4, 0.5) is 0 Å². The first kappa shape index (κ1) is 12.7. The van der Waals surface area contributed by atoms with Crippen LogP contribution in [0.3, 0.4) is 0 Å². The first-order valence-electron chi connectivity index (χ1n) is 5.60. The molecule has 0 amide bonds. The SMILES string of the molecule is CCc1nn(C)c(CSc2ccccc2)c1Br. The van der Waals surface area contributed by atoms with Gasteiger partial charge in [-0.3, -0.25) is 4.68 Å². The lowest BCUT2D eigenvalue weighted by molar-refractivity contribution is 0.719. The summed E-state index contributed by atoms with van der Waals surface area (Å²) < 4.78 is 3.13. The molecule has 0 fully saturated rings. The van der Waals surface area contributed by atoms with Crippen molar-refractivity contribution < 1.29 is 0 Å². The Morgan fingerprint density at radius 2 is 2.00 bits per heavy atom. The molecule has 17 heavy (non-hydrogen) atoms. The Balaban J connectivity index is 2.12. The Morgan fingerprint density at radius 1 is 1.29 bits per heavy atom. The summed E-state index contributed by atoms with van der Waals surface area (Å²) in [6.07, 6.45) is 0.963. The number of hydrogen-bond donors (Lipinski definition) is 0. The largest absolute Gasteiger partial charge is 0.270 e. The Labute approximate surface area is 115 Å². The fraction of sp³-hybridized carbons (Fsp3) is 0.308. The van der Waals surface area contributed by atoms with Crippen LogP contribution in [0.25, 0.3) is 0 Å². The summed E-state index contributed by atoms with van der Waals surface area (Å²) >= 11 is 5.47. The molecule has 1 aromatic carbocycles. The van der Waals surface area contributed by atoms with Gasteiger partial charge in [0.2, 0.25) is 0 Å². The normalized spacial score (nSPS) is 10.8. The van der Waals surface area contributed by atoms with Crippen molar-refractivity contribution in [1.82, 2.24) is 9.78 Å². The highest BCUT2D eigenvalue weighted by Crippen LogP contribution is 2.28. The van der Waals surface area contributed by atoms with Crippen LogP contribution in [0.15, 0.2) is 39.7 Å². The van der Waals surface area contributed by atoms with Gasteiger partial charge in [0.15, 0.2) is 0 Å². The van der Waals surface area contributed by atoms with Gasteiger partial charge in [0.25, 0.3) is 0 Å². The molecule has 4 heteroatoms. The van der Waals surface area contributed by atoms with E-state index in [9.17, 15) is 0 Å². The van der Waals surface area contributed by atoms with E-state index in [1.807, 2.05) is 29.6 Å². The summed E-state index contributed by atoms with van der Waals surface area (Å²) in [5, 5.41) is 4.50. The van der Waals surface area contributed by atoms with Crippen LogP contribution in [-0.2, 0) is 19.2 Å². The molecule has 0 saturated carbocycles. The number of thioether (sulfide) groups is 1. The lowest BCUT2D eigenvalue weighted by Gasteiger charge is -2.03. The van der Waals surface area contributed by atoms with E-state index in [4.69, 9.17) is 0 Å². The van der Waals surface area contributed by atoms with E-state index < -0.39 is 0 Å². The van der Waals surface area contributed by atoms with E-state index in [1.54, 1.807) is 0 Å². The molecule has 0 saturated heterocycles. The van der Waals surface area contributed by atoms with Crippen LogP contribution < -0.4 is 0 Å². The van der Waals surface area contributed by atoms with Crippen LogP contribution in [0.1, 0.15) is 18.3 Å². The second kappa shape index (κ2) is 5.74. The van der Waals surface area contributed by atoms with Crippen molar-refractivity contribution in [3.05, 3.63) is 46.2 Å². The molecular formula is C13H15BrN2S. The van der Waals surface area contributed by atoms with Gasteiger partial charge in [-0.25, -0.2) is 0 Å². The van der Waals surface area contributed by atoms with Gasteiger partial charge in [0.1, 0.15) is 0 Å². The summed E-state index contributed by atoms with van der Waals surface area (Å²) in [5.41, 5.74) is 2.38. The Hall–Kier alpha value is -0.740. The molecule has 0 spiro atoms. The van der Waals surface area contributed by atoms with Crippen LogP contribution in [0, 0.1) is 0 Å². The smallest absolute Gasteiger partial charge is 0.0767 e. The second-order valence-corrected chi connectivity index (χ2v) is 5.63. The Bertz CT molecular complexity index is 494. The van der Waals surface area contributed by atoms with Crippen LogP contribution in [0.2, 0.25) is 0 Å². The van der Waals surface area contributed by atoms with Gasteiger partial charge in [-0.15, -0.1) is 11.8 Å². The molecule has 0 bridgehead atoms. The first-order chi connectivity index (χ1) is 8.22. The minimum Gasteiger partial charge on any atom is -0.270 e. The van der Waals surface area contributed by atoms with Crippen LogP contribution >= 0.6 is 27.7 Å². The lowest BCUT2D eigenvalue weighted by Crippen LogP contribution is -1.96. The molecule has 1 aromatic heterocycles. The highest BCUT2D eigenvalue weighted by Gasteiger charge is 2.12. The molecule has 2 rings (SSSR count). The summed E-state index contributed by atoms with van der Waals surface area (Å²) in [5.74, 6) is 0.939. The number of hydrogen-bond acceptors (Lipinski definition) is 2. The average molecular weight is 311 g/mol. The van der Waals surface area contributed by atoms with Crippen LogP contribution in [0.5, 0.6) is 0 Å². The number of halogens is 1. The zero-order valence-corrected chi connectivity index (χ0v) is 12.4. The highest BCUT2D eigenvalue weighted by molar-refractivity contribution is 9.10. The van der Waals surface area contributed by atoms with Crippen molar-refractivity contribution in [2.24, 2.45) is 7.05 Å². The van der Waals surface area contributed by atoms with Gasteiger partial charge < -0.3 is 0 Å². The molecule has 0 N–H and O–H groups in total. The Kier molecular flexibility index (Phi) is 4.29. The summed E-state index contributed by atoms with van der Waals surface area (Å²) in [4.78, 5) is 1.29. The van der Waals surface area contributed by atoms with Gasteiger partial charge in [-0.2, -0.15) is 5.10 Å². The van der Waals surface area contributed by atoms with E-state index in [0.717, 1.165) is 22.3 Å². The monoisotopic (exact) mass is 310 g/mol. The maximum absolute atomic E-state index is 4.50. The van der Waals surface area contributed by atoms with E-state index >= 15 is 0 Å². The highest BCUT2D eigenvalue weighted by atomic mass is 79.9. The molecule has 1 heterocycles. The minimum absolute atomic E-state index is 0.939. The van der Waals surface area contributed by atoms with E-state index in [0.29, 0.717) is 0 Å². The molecule has 0 atom stereocenters. The molecule has 0 radical (unpaired) electrons. The van der Waals surface area contributed by atoms with E-state index in [1.165, 1.54) is 10.6 Å². The number of aryl methyl sites for hydroxylation is 2. The van der Waals surface area contributed by atoms with Gasteiger partial charge in [0, 0.05) is 17.7 Å². The van der Waals surface area contributed by atoms with Crippen molar-refractivity contribution in [1.29, 1.82) is 0 Å². The van der Waals surface area contributed by atoms with Crippen molar-refractivity contribution in [3.63, 3.8) is 0 Å². The molecule has 90 valence electrons. The predicted octanol–water partition coefficient (Wildman–Crippen LogP) is 4.04. The molecular weight excluding hydrogens is 296 g/mol. The fourth-order valence-electron chi connectivity index (χ4n) is 1.65. The van der Waals surface area contributed by atoms with Gasteiger partial charge in [-0.05, 0) is 34.5 Å². The van der Waals surface area contributed by atoms with Gasteiger partial charge >= 0.3 is 0 Å². The molecule has 0 aliphatic heterocycles. The van der Waals surface area contributed by atoms with Crippen molar-refractivity contribution in [3.8, 4) is 0 Å². The average Bonchev–Trinajstić information content (AvgIpc) is 2.63. The standard InChI is InChI=1S/C13H15BrN2S/c1-3-11-13(14)12(16(2)15-11)9-17-10-7-5-4-6-8-10/h4-8H,3,9H2,1-2H3. The third-order valence-electron chi connectivity index (χ3n) is 2.62. The first-order valence-corrected chi connectivity index (χ1v) is 7.38. The molecule has 2 aromatic rings. The van der Waals surface area contributed by atoms with E-state index in [2.05, 4.69) is 52.2 Å². The zero-order chi connectivity index (χ0) is 12.3. The van der Waals surface area contributed by atoms with Crippen molar-refractivity contribution >= 4 is 27.7 Å². The molecule has 0 unspecified atom stereocenters. The van der Waals surface area contributed by atoms with Crippen LogP contribution in [-0.4, -0.2) is 9.78 Å². The van der Waals surface area contributed by atoms with Gasteiger partial charge in [0.05, 0.1) is 15.9 Å². The number of benzene rings is 1. The van der Waals surface area contributed by atoms with Crippen molar-refractivity contribution in [2.75, 3.05) is 0 Å². The maximum atomic E-state index is 4.50.